The first-order valence-corrected chi connectivity index (χ1v) is 6.58. The fourth-order valence-corrected chi connectivity index (χ4v) is 2.28. The molecule has 2 aromatic rings. The molecule has 2 rings (SSSR count). The fraction of sp³-hybridized carbons (Fsp3) is 0.133. The largest absolute Gasteiger partial charge is 0.380 e. The van der Waals surface area contributed by atoms with Gasteiger partial charge in [-0.15, -0.1) is 0 Å². The molecule has 19 heavy (non-hydrogen) atoms. The van der Waals surface area contributed by atoms with Crippen molar-refractivity contribution in [2.45, 2.75) is 13.5 Å². The van der Waals surface area contributed by atoms with E-state index in [4.69, 9.17) is 5.26 Å². The van der Waals surface area contributed by atoms with Gasteiger partial charge in [-0.3, -0.25) is 0 Å². The number of nitriles is 1. The smallest absolute Gasteiger partial charge is 0.124 e. The van der Waals surface area contributed by atoms with Gasteiger partial charge in [-0.05, 0) is 64.3 Å². The van der Waals surface area contributed by atoms with Crippen LogP contribution in [0.3, 0.4) is 0 Å². The summed E-state index contributed by atoms with van der Waals surface area (Å²) in [5, 5.41) is 12.1. The average Bonchev–Trinajstić information content (AvgIpc) is 2.39. The topological polar surface area (TPSA) is 35.8 Å². The number of anilines is 1. The molecule has 0 aliphatic heterocycles. The lowest BCUT2D eigenvalue weighted by molar-refractivity contribution is 0.627. The van der Waals surface area contributed by atoms with Crippen LogP contribution >= 0.6 is 15.9 Å². The zero-order chi connectivity index (χ0) is 13.8. The van der Waals surface area contributed by atoms with Crippen molar-refractivity contribution in [3.63, 3.8) is 0 Å². The molecule has 0 aliphatic carbocycles. The van der Waals surface area contributed by atoms with Crippen LogP contribution in [0.4, 0.5) is 10.1 Å². The second kappa shape index (κ2) is 5.85. The molecular weight excluding hydrogens is 307 g/mol. The summed E-state index contributed by atoms with van der Waals surface area (Å²) in [6, 6.07) is 12.2. The molecule has 0 spiro atoms. The van der Waals surface area contributed by atoms with E-state index in [0.29, 0.717) is 16.6 Å². The molecule has 2 aromatic carbocycles. The maximum Gasteiger partial charge on any atom is 0.124 e. The first-order chi connectivity index (χ1) is 9.10. The number of hydrogen-bond acceptors (Lipinski definition) is 2. The minimum Gasteiger partial charge on any atom is -0.380 e. The number of nitrogens with zero attached hydrogens (tertiary/aromatic N) is 1. The lowest BCUT2D eigenvalue weighted by atomic mass is 10.1. The van der Waals surface area contributed by atoms with Gasteiger partial charge in [-0.1, -0.05) is 6.07 Å². The molecule has 0 fully saturated rings. The molecular formula is C15H12BrFN2. The Morgan fingerprint density at radius 2 is 2.05 bits per heavy atom. The maximum atomic E-state index is 13.0. The summed E-state index contributed by atoms with van der Waals surface area (Å²) in [6.07, 6.45) is 0. The first kappa shape index (κ1) is 13.6. The van der Waals surface area contributed by atoms with Gasteiger partial charge in [0.25, 0.3) is 0 Å². The van der Waals surface area contributed by atoms with Crippen molar-refractivity contribution < 1.29 is 4.39 Å². The standard InChI is InChI=1S/C15H12BrFN2/c1-10-6-11(8-18)2-3-12(10)9-19-15-5-4-13(17)7-14(15)16/h2-7,19H,9H2,1H3. The van der Waals surface area contributed by atoms with Gasteiger partial charge in [-0.2, -0.15) is 5.26 Å². The molecule has 0 atom stereocenters. The molecule has 4 heteroatoms. The van der Waals surface area contributed by atoms with E-state index in [2.05, 4.69) is 27.3 Å². The number of rotatable bonds is 3. The van der Waals surface area contributed by atoms with Gasteiger partial charge in [0.05, 0.1) is 11.6 Å². The third kappa shape index (κ3) is 3.33. The summed E-state index contributed by atoms with van der Waals surface area (Å²) in [6.45, 7) is 2.60. The molecule has 2 nitrogen and oxygen atoms in total. The molecule has 0 radical (unpaired) electrons. The van der Waals surface area contributed by atoms with Gasteiger partial charge in [0, 0.05) is 16.7 Å². The van der Waals surface area contributed by atoms with E-state index in [9.17, 15) is 4.39 Å². The molecule has 1 N–H and O–H groups in total. The summed E-state index contributed by atoms with van der Waals surface area (Å²) in [4.78, 5) is 0. The Balaban J connectivity index is 2.13. The van der Waals surface area contributed by atoms with E-state index < -0.39 is 0 Å². The second-order valence-electron chi connectivity index (χ2n) is 4.23. The highest BCUT2D eigenvalue weighted by molar-refractivity contribution is 9.10. The Morgan fingerprint density at radius 1 is 1.26 bits per heavy atom. The normalized spacial score (nSPS) is 10.0. The van der Waals surface area contributed by atoms with Crippen LogP contribution in [-0.2, 0) is 6.54 Å². The average molecular weight is 319 g/mol. The summed E-state index contributed by atoms with van der Waals surface area (Å²) in [5.74, 6) is -0.271. The first-order valence-electron chi connectivity index (χ1n) is 5.78. The monoisotopic (exact) mass is 318 g/mol. The van der Waals surface area contributed by atoms with E-state index in [1.807, 2.05) is 19.1 Å². The predicted molar refractivity (Wildman–Crippen MR) is 77.3 cm³/mol. The van der Waals surface area contributed by atoms with Crippen LogP contribution in [0.1, 0.15) is 16.7 Å². The van der Waals surface area contributed by atoms with Gasteiger partial charge in [0.1, 0.15) is 5.82 Å². The zero-order valence-electron chi connectivity index (χ0n) is 10.4. The summed E-state index contributed by atoms with van der Waals surface area (Å²) < 4.78 is 13.7. The van der Waals surface area contributed by atoms with Crippen LogP contribution < -0.4 is 5.32 Å². The number of halogens is 2. The highest BCUT2D eigenvalue weighted by Crippen LogP contribution is 2.24. The Bertz CT molecular complexity index is 647. The van der Waals surface area contributed by atoms with Crippen molar-refractivity contribution in [1.29, 1.82) is 5.26 Å². The second-order valence-corrected chi connectivity index (χ2v) is 5.09. The molecule has 0 amide bonds. The van der Waals surface area contributed by atoms with Crippen LogP contribution in [0.25, 0.3) is 0 Å². The van der Waals surface area contributed by atoms with E-state index in [0.717, 1.165) is 16.8 Å². The minimum atomic E-state index is -0.271. The third-order valence-corrected chi connectivity index (χ3v) is 3.53. The zero-order valence-corrected chi connectivity index (χ0v) is 12.0. The van der Waals surface area contributed by atoms with Crippen LogP contribution in [0.2, 0.25) is 0 Å². The van der Waals surface area contributed by atoms with Gasteiger partial charge >= 0.3 is 0 Å². The van der Waals surface area contributed by atoms with Crippen molar-refractivity contribution >= 4 is 21.6 Å². The Kier molecular flexibility index (Phi) is 4.18. The molecule has 0 aliphatic rings. The molecule has 0 aromatic heterocycles. The van der Waals surface area contributed by atoms with Crippen molar-refractivity contribution in [3.8, 4) is 6.07 Å². The number of nitrogens with one attached hydrogen (secondary N) is 1. The van der Waals surface area contributed by atoms with Crippen LogP contribution in [-0.4, -0.2) is 0 Å². The SMILES string of the molecule is Cc1cc(C#N)ccc1CNc1ccc(F)cc1Br. The highest BCUT2D eigenvalue weighted by atomic mass is 79.9. The number of hydrogen-bond donors (Lipinski definition) is 1. The summed E-state index contributed by atoms with van der Waals surface area (Å²) in [7, 11) is 0. The maximum absolute atomic E-state index is 13.0. The lowest BCUT2D eigenvalue weighted by Crippen LogP contribution is -2.02. The molecule has 96 valence electrons. The fourth-order valence-electron chi connectivity index (χ4n) is 1.79. The molecule has 0 saturated heterocycles. The van der Waals surface area contributed by atoms with Gasteiger partial charge < -0.3 is 5.32 Å². The highest BCUT2D eigenvalue weighted by Gasteiger charge is 2.03. The van der Waals surface area contributed by atoms with Gasteiger partial charge in [0.2, 0.25) is 0 Å². The molecule has 0 unspecified atom stereocenters. The lowest BCUT2D eigenvalue weighted by Gasteiger charge is -2.11. The Morgan fingerprint density at radius 3 is 2.68 bits per heavy atom. The summed E-state index contributed by atoms with van der Waals surface area (Å²) >= 11 is 3.32. The van der Waals surface area contributed by atoms with Gasteiger partial charge in [0.15, 0.2) is 0 Å². The van der Waals surface area contributed by atoms with E-state index in [1.165, 1.54) is 12.1 Å². The van der Waals surface area contributed by atoms with Crippen molar-refractivity contribution in [1.82, 2.24) is 0 Å². The number of benzene rings is 2. The van der Waals surface area contributed by atoms with Crippen LogP contribution in [0, 0.1) is 24.1 Å². The molecule has 0 bridgehead atoms. The Labute approximate surface area is 120 Å². The van der Waals surface area contributed by atoms with E-state index in [-0.39, 0.29) is 5.82 Å². The van der Waals surface area contributed by atoms with Crippen LogP contribution in [0.15, 0.2) is 40.9 Å². The van der Waals surface area contributed by atoms with E-state index in [1.54, 1.807) is 12.1 Å². The van der Waals surface area contributed by atoms with Crippen molar-refractivity contribution in [2.75, 3.05) is 5.32 Å². The van der Waals surface area contributed by atoms with Crippen molar-refractivity contribution in [2.24, 2.45) is 0 Å². The predicted octanol–water partition coefficient (Wildman–Crippen LogP) is 4.38. The van der Waals surface area contributed by atoms with Gasteiger partial charge in [-0.25, -0.2) is 4.39 Å². The van der Waals surface area contributed by atoms with E-state index >= 15 is 0 Å². The summed E-state index contributed by atoms with van der Waals surface area (Å²) in [5.41, 5.74) is 3.66. The third-order valence-electron chi connectivity index (χ3n) is 2.87. The molecule has 0 heterocycles. The Hall–Kier alpha value is -1.86. The quantitative estimate of drug-likeness (QED) is 0.911. The molecule has 0 saturated carbocycles. The minimum absolute atomic E-state index is 0.271. The van der Waals surface area contributed by atoms with Crippen molar-refractivity contribution in [3.05, 3.63) is 63.4 Å². The number of aryl methyl sites for hydroxylation is 1. The van der Waals surface area contributed by atoms with Crippen LogP contribution in [0.5, 0.6) is 0 Å².